The quantitative estimate of drug-likeness (QED) is 0.820. The predicted molar refractivity (Wildman–Crippen MR) is 103 cm³/mol. The minimum Gasteiger partial charge on any atom is -0.493 e. The average molecular weight is 385 g/mol. The van der Waals surface area contributed by atoms with Gasteiger partial charge < -0.3 is 24.4 Å². The molecule has 2 amide bonds. The largest absolute Gasteiger partial charge is 0.493 e. The summed E-state index contributed by atoms with van der Waals surface area (Å²) in [6.07, 6.45) is 1.69. The van der Waals surface area contributed by atoms with Gasteiger partial charge in [0.15, 0.2) is 11.5 Å². The summed E-state index contributed by atoms with van der Waals surface area (Å²) in [5, 5.41) is 2.79. The van der Waals surface area contributed by atoms with Gasteiger partial charge in [0.2, 0.25) is 17.6 Å². The molecule has 8 heteroatoms. The Morgan fingerprint density at radius 2 is 1.86 bits per heavy atom. The van der Waals surface area contributed by atoms with Crippen LogP contribution in [0, 0.1) is 5.92 Å². The summed E-state index contributed by atoms with van der Waals surface area (Å²) in [5.74, 6) is 0.785. The zero-order chi connectivity index (χ0) is 20.3. The van der Waals surface area contributed by atoms with Crippen LogP contribution in [0.15, 0.2) is 36.5 Å². The van der Waals surface area contributed by atoms with Crippen molar-refractivity contribution >= 4 is 17.6 Å². The second-order valence-corrected chi connectivity index (χ2v) is 6.39. The Hall–Kier alpha value is -3.29. The van der Waals surface area contributed by atoms with Crippen LogP contribution in [-0.4, -0.2) is 50.1 Å². The number of carbonyl (C=O) groups is 2. The molecule has 28 heavy (non-hydrogen) atoms. The molecular formula is C20H23N3O5. The lowest BCUT2D eigenvalue weighted by Crippen LogP contribution is -2.30. The lowest BCUT2D eigenvalue weighted by atomic mass is 9.91. The number of anilines is 1. The highest BCUT2D eigenvalue weighted by atomic mass is 16.5. The normalized spacial score (nSPS) is 18.7. The molecule has 2 aromatic rings. The van der Waals surface area contributed by atoms with Crippen molar-refractivity contribution in [3.8, 4) is 17.2 Å². The monoisotopic (exact) mass is 385 g/mol. The molecule has 0 spiro atoms. The van der Waals surface area contributed by atoms with E-state index in [1.54, 1.807) is 48.5 Å². The van der Waals surface area contributed by atoms with E-state index >= 15 is 0 Å². The number of aromatic nitrogens is 1. The van der Waals surface area contributed by atoms with Crippen LogP contribution in [0.2, 0.25) is 0 Å². The van der Waals surface area contributed by atoms with Crippen molar-refractivity contribution < 1.29 is 23.8 Å². The smallest absolute Gasteiger partial charge is 0.231 e. The molecule has 2 heterocycles. The molecule has 0 unspecified atom stereocenters. The molecule has 0 bridgehead atoms. The molecule has 0 aliphatic carbocycles. The molecule has 148 valence electrons. The Labute approximate surface area is 163 Å². The lowest BCUT2D eigenvalue weighted by Gasteiger charge is -2.27. The third kappa shape index (κ3) is 3.45. The minimum atomic E-state index is -0.605. The number of benzene rings is 1. The van der Waals surface area contributed by atoms with Gasteiger partial charge in [-0.25, -0.2) is 4.98 Å². The van der Waals surface area contributed by atoms with Gasteiger partial charge in [0.05, 0.1) is 33.3 Å². The van der Waals surface area contributed by atoms with Crippen molar-refractivity contribution in [1.82, 2.24) is 9.88 Å². The van der Waals surface area contributed by atoms with Crippen LogP contribution in [0.4, 0.5) is 5.82 Å². The van der Waals surface area contributed by atoms with Crippen molar-refractivity contribution in [2.75, 3.05) is 33.7 Å². The van der Waals surface area contributed by atoms with Crippen LogP contribution >= 0.6 is 0 Å². The van der Waals surface area contributed by atoms with Crippen LogP contribution in [-0.2, 0) is 9.59 Å². The second-order valence-electron chi connectivity index (χ2n) is 6.39. The first-order chi connectivity index (χ1) is 13.5. The van der Waals surface area contributed by atoms with E-state index in [0.29, 0.717) is 28.6 Å². The summed E-state index contributed by atoms with van der Waals surface area (Å²) in [7, 11) is 6.24. The summed E-state index contributed by atoms with van der Waals surface area (Å²) in [6, 6.07) is 8.27. The van der Waals surface area contributed by atoms with Gasteiger partial charge in [-0.3, -0.25) is 9.59 Å². The van der Waals surface area contributed by atoms with E-state index in [1.807, 2.05) is 0 Å². The molecule has 1 saturated heterocycles. The highest BCUT2D eigenvalue weighted by molar-refractivity contribution is 5.97. The minimum absolute atomic E-state index is 0.0946. The molecule has 2 atom stereocenters. The predicted octanol–water partition coefficient (Wildman–Crippen LogP) is 2.27. The number of hydrogen-bond donors (Lipinski definition) is 1. The maximum atomic E-state index is 12.9. The van der Waals surface area contributed by atoms with E-state index in [0.717, 1.165) is 0 Å². The van der Waals surface area contributed by atoms with Crippen molar-refractivity contribution in [2.24, 2.45) is 5.92 Å². The van der Waals surface area contributed by atoms with Gasteiger partial charge in [-0.15, -0.1) is 0 Å². The SMILES string of the molecule is COc1ccc([C@H]2[C@@H](C(=O)Nc3ccccn3)CC(=O)N2C)c(OC)c1OC. The number of nitrogens with one attached hydrogen (secondary N) is 1. The molecule has 8 nitrogen and oxygen atoms in total. The number of nitrogens with zero attached hydrogens (tertiary/aromatic N) is 2. The Kier molecular flexibility index (Phi) is 5.67. The van der Waals surface area contributed by atoms with E-state index in [-0.39, 0.29) is 18.2 Å². The topological polar surface area (TPSA) is 90.0 Å². The fourth-order valence-corrected chi connectivity index (χ4v) is 3.54. The Bertz CT molecular complexity index is 872. The highest BCUT2D eigenvalue weighted by Crippen LogP contribution is 2.47. The molecule has 1 aliphatic rings. The summed E-state index contributed by atoms with van der Waals surface area (Å²) in [4.78, 5) is 31.1. The van der Waals surface area contributed by atoms with E-state index < -0.39 is 12.0 Å². The zero-order valence-corrected chi connectivity index (χ0v) is 16.3. The molecule has 1 aromatic heterocycles. The number of pyridine rings is 1. The maximum absolute atomic E-state index is 12.9. The number of hydrogen-bond acceptors (Lipinski definition) is 6. The Morgan fingerprint density at radius 1 is 1.11 bits per heavy atom. The van der Waals surface area contributed by atoms with Gasteiger partial charge in [0.25, 0.3) is 0 Å². The number of ether oxygens (including phenoxy) is 3. The molecule has 0 saturated carbocycles. The number of methoxy groups -OCH3 is 3. The van der Waals surface area contributed by atoms with E-state index in [4.69, 9.17) is 14.2 Å². The zero-order valence-electron chi connectivity index (χ0n) is 16.3. The molecule has 1 N–H and O–H groups in total. The first-order valence-corrected chi connectivity index (χ1v) is 8.78. The third-order valence-corrected chi connectivity index (χ3v) is 4.89. The summed E-state index contributed by atoms with van der Waals surface area (Å²) < 4.78 is 16.3. The van der Waals surface area contributed by atoms with E-state index in [1.165, 1.54) is 21.3 Å². The van der Waals surface area contributed by atoms with Gasteiger partial charge in [-0.05, 0) is 24.3 Å². The third-order valence-electron chi connectivity index (χ3n) is 4.89. The van der Waals surface area contributed by atoms with Crippen molar-refractivity contribution in [1.29, 1.82) is 0 Å². The highest BCUT2D eigenvalue weighted by Gasteiger charge is 2.44. The lowest BCUT2D eigenvalue weighted by molar-refractivity contribution is -0.128. The van der Waals surface area contributed by atoms with Gasteiger partial charge >= 0.3 is 0 Å². The fraction of sp³-hybridized carbons (Fsp3) is 0.350. The summed E-state index contributed by atoms with van der Waals surface area (Å²) >= 11 is 0. The standard InChI is InChI=1S/C20H23N3O5/c1-23-16(24)11-13(20(25)22-15-7-5-6-10-21-15)17(23)12-8-9-14(26-2)19(28-4)18(12)27-3/h5-10,13,17H,11H2,1-4H3,(H,21,22,25)/t13-,17-/m0/s1. The first-order valence-electron chi connectivity index (χ1n) is 8.78. The fourth-order valence-electron chi connectivity index (χ4n) is 3.54. The molecule has 1 fully saturated rings. The Morgan fingerprint density at radius 3 is 2.46 bits per heavy atom. The van der Waals surface area contributed by atoms with Crippen LogP contribution in [0.3, 0.4) is 0 Å². The van der Waals surface area contributed by atoms with Crippen molar-refractivity contribution in [3.63, 3.8) is 0 Å². The van der Waals surface area contributed by atoms with Crippen molar-refractivity contribution in [3.05, 3.63) is 42.1 Å². The average Bonchev–Trinajstić information content (AvgIpc) is 3.02. The van der Waals surface area contributed by atoms with Crippen LogP contribution in [0.5, 0.6) is 17.2 Å². The molecule has 1 aromatic carbocycles. The van der Waals surface area contributed by atoms with E-state index in [9.17, 15) is 9.59 Å². The second kappa shape index (κ2) is 8.16. The molecule has 3 rings (SSSR count). The van der Waals surface area contributed by atoms with Gasteiger partial charge in [0, 0.05) is 25.2 Å². The van der Waals surface area contributed by atoms with Gasteiger partial charge in [-0.1, -0.05) is 6.07 Å². The van der Waals surface area contributed by atoms with E-state index in [2.05, 4.69) is 10.3 Å². The maximum Gasteiger partial charge on any atom is 0.231 e. The van der Waals surface area contributed by atoms with Gasteiger partial charge in [0.1, 0.15) is 5.82 Å². The Balaban J connectivity index is 2.00. The molecule has 1 aliphatic heterocycles. The van der Waals surface area contributed by atoms with Crippen LogP contribution < -0.4 is 19.5 Å². The van der Waals surface area contributed by atoms with Gasteiger partial charge in [-0.2, -0.15) is 0 Å². The summed E-state index contributed by atoms with van der Waals surface area (Å²) in [5.41, 5.74) is 0.676. The van der Waals surface area contributed by atoms with Crippen LogP contribution in [0.1, 0.15) is 18.0 Å². The number of amides is 2. The molecular weight excluding hydrogens is 362 g/mol. The number of likely N-dealkylation sites (tertiary alicyclic amines) is 1. The number of rotatable bonds is 6. The van der Waals surface area contributed by atoms with Crippen molar-refractivity contribution in [2.45, 2.75) is 12.5 Å². The summed E-state index contributed by atoms with van der Waals surface area (Å²) in [6.45, 7) is 0. The molecule has 0 radical (unpaired) electrons. The first kappa shape index (κ1) is 19.5. The van der Waals surface area contributed by atoms with Crippen LogP contribution in [0.25, 0.3) is 0 Å². The number of carbonyl (C=O) groups excluding carboxylic acids is 2.